The molecule has 1 aliphatic rings. The van der Waals surface area contributed by atoms with Crippen LogP contribution in [0.15, 0.2) is 0 Å². The first kappa shape index (κ1) is 11.0. The highest BCUT2D eigenvalue weighted by atomic mass is 35.5. The van der Waals surface area contributed by atoms with E-state index in [4.69, 9.17) is 16.7 Å². The first-order valence-electron chi connectivity index (χ1n) is 5.05. The Bertz CT molecular complexity index is 411. The lowest BCUT2D eigenvalue weighted by Gasteiger charge is -2.24. The number of hydrogen-bond donors (Lipinski definition) is 1. The molecule has 1 heterocycles. The van der Waals surface area contributed by atoms with Gasteiger partial charge in [-0.1, -0.05) is 25.4 Å². The third-order valence-electron chi connectivity index (χ3n) is 2.97. The molecule has 2 rings (SSSR count). The molecule has 0 saturated heterocycles. The Labute approximate surface area is 97.9 Å². The summed E-state index contributed by atoms with van der Waals surface area (Å²) in [6.45, 7) is 4.31. The fourth-order valence-corrected chi connectivity index (χ4v) is 3.96. The van der Waals surface area contributed by atoms with Gasteiger partial charge in [-0.3, -0.25) is 0 Å². The predicted molar refractivity (Wildman–Crippen MR) is 62.2 cm³/mol. The van der Waals surface area contributed by atoms with E-state index < -0.39 is 5.97 Å². The van der Waals surface area contributed by atoms with Crippen LogP contribution in [0.5, 0.6) is 0 Å². The predicted octanol–water partition coefficient (Wildman–Crippen LogP) is 3.79. The Balaban J connectivity index is 2.56. The third kappa shape index (κ3) is 1.79. The van der Waals surface area contributed by atoms with Crippen LogP contribution in [0, 0.1) is 5.92 Å². The number of carbonyl (C=O) groups is 1. The summed E-state index contributed by atoms with van der Waals surface area (Å²) < 4.78 is 0.438. The average molecular weight is 245 g/mol. The highest BCUT2D eigenvalue weighted by Gasteiger charge is 2.30. The van der Waals surface area contributed by atoms with E-state index in [-0.39, 0.29) is 0 Å². The van der Waals surface area contributed by atoms with E-state index in [1.165, 1.54) is 16.2 Å². The van der Waals surface area contributed by atoms with Crippen molar-refractivity contribution >= 4 is 28.9 Å². The van der Waals surface area contributed by atoms with Crippen LogP contribution in [-0.2, 0) is 6.42 Å². The maximum absolute atomic E-state index is 11.1. The fourth-order valence-electron chi connectivity index (χ4n) is 2.41. The molecule has 1 aliphatic carbocycles. The second kappa shape index (κ2) is 3.80. The van der Waals surface area contributed by atoms with E-state index in [1.807, 2.05) is 0 Å². The van der Waals surface area contributed by atoms with Crippen molar-refractivity contribution < 1.29 is 9.90 Å². The van der Waals surface area contributed by atoms with Crippen LogP contribution < -0.4 is 0 Å². The highest BCUT2D eigenvalue weighted by Crippen LogP contribution is 2.44. The molecule has 15 heavy (non-hydrogen) atoms. The zero-order chi connectivity index (χ0) is 11.2. The molecule has 0 aromatic carbocycles. The molecule has 82 valence electrons. The number of aromatic carboxylic acids is 1. The topological polar surface area (TPSA) is 37.3 Å². The largest absolute Gasteiger partial charge is 0.478 e. The van der Waals surface area contributed by atoms with Crippen LogP contribution in [0.3, 0.4) is 0 Å². The molecule has 2 nitrogen and oxygen atoms in total. The van der Waals surface area contributed by atoms with Crippen molar-refractivity contribution in [3.63, 3.8) is 0 Å². The zero-order valence-electron chi connectivity index (χ0n) is 8.71. The van der Waals surface area contributed by atoms with Crippen molar-refractivity contribution in [1.29, 1.82) is 0 Å². The number of halogens is 1. The first-order chi connectivity index (χ1) is 7.00. The number of hydrogen-bond acceptors (Lipinski definition) is 2. The summed E-state index contributed by atoms with van der Waals surface area (Å²) in [5, 5.41) is 9.11. The number of thiophene rings is 1. The van der Waals surface area contributed by atoms with Crippen molar-refractivity contribution in [1.82, 2.24) is 0 Å². The molecule has 0 radical (unpaired) electrons. The molecule has 0 aliphatic heterocycles. The second-order valence-electron chi connectivity index (χ2n) is 4.34. The second-order valence-corrected chi connectivity index (χ2v) is 6.00. The van der Waals surface area contributed by atoms with Gasteiger partial charge in [0.25, 0.3) is 0 Å². The smallest absolute Gasteiger partial charge is 0.338 e. The maximum atomic E-state index is 11.1. The van der Waals surface area contributed by atoms with Gasteiger partial charge < -0.3 is 5.11 Å². The third-order valence-corrected chi connectivity index (χ3v) is 4.64. The van der Waals surface area contributed by atoms with E-state index >= 15 is 0 Å². The lowest BCUT2D eigenvalue weighted by atomic mass is 9.82. The minimum absolute atomic E-state index is 0.343. The minimum Gasteiger partial charge on any atom is -0.478 e. The molecule has 2 unspecified atom stereocenters. The highest BCUT2D eigenvalue weighted by molar-refractivity contribution is 7.17. The number of rotatable bonds is 1. The summed E-state index contributed by atoms with van der Waals surface area (Å²) >= 11 is 7.42. The van der Waals surface area contributed by atoms with Gasteiger partial charge in [-0.05, 0) is 30.2 Å². The Morgan fingerprint density at radius 1 is 1.53 bits per heavy atom. The molecule has 1 aromatic heterocycles. The van der Waals surface area contributed by atoms with Crippen molar-refractivity contribution in [2.24, 2.45) is 5.92 Å². The van der Waals surface area contributed by atoms with Gasteiger partial charge in [0.05, 0.1) is 5.56 Å². The monoisotopic (exact) mass is 244 g/mol. The van der Waals surface area contributed by atoms with Gasteiger partial charge >= 0.3 is 5.97 Å². The van der Waals surface area contributed by atoms with Crippen LogP contribution in [0.1, 0.15) is 47.0 Å². The van der Waals surface area contributed by atoms with Gasteiger partial charge in [0, 0.05) is 4.88 Å². The van der Waals surface area contributed by atoms with Crippen LogP contribution in [0.2, 0.25) is 4.34 Å². The Morgan fingerprint density at radius 3 is 2.80 bits per heavy atom. The molecule has 1 aromatic rings. The van der Waals surface area contributed by atoms with E-state index in [0.29, 0.717) is 21.7 Å². The van der Waals surface area contributed by atoms with Gasteiger partial charge in [0.1, 0.15) is 4.34 Å². The molecule has 1 N–H and O–H groups in total. The molecule has 0 amide bonds. The van der Waals surface area contributed by atoms with Gasteiger partial charge in [0.15, 0.2) is 0 Å². The quantitative estimate of drug-likeness (QED) is 0.816. The summed E-state index contributed by atoms with van der Waals surface area (Å²) in [5.74, 6) is 0.106. The summed E-state index contributed by atoms with van der Waals surface area (Å²) in [6, 6.07) is 0. The normalized spacial score (nSPS) is 25.0. The number of carboxylic acids is 1. The molecule has 4 heteroatoms. The first-order valence-corrected chi connectivity index (χ1v) is 6.24. The van der Waals surface area contributed by atoms with E-state index in [9.17, 15) is 4.79 Å². The van der Waals surface area contributed by atoms with Gasteiger partial charge in [-0.25, -0.2) is 4.79 Å². The fraction of sp³-hybridized carbons (Fsp3) is 0.545. The Morgan fingerprint density at radius 2 is 2.20 bits per heavy atom. The lowest BCUT2D eigenvalue weighted by molar-refractivity contribution is 0.0696. The Kier molecular flexibility index (Phi) is 2.77. The summed E-state index contributed by atoms with van der Waals surface area (Å²) in [5.41, 5.74) is 1.32. The van der Waals surface area contributed by atoms with Gasteiger partial charge in [0.2, 0.25) is 0 Å². The van der Waals surface area contributed by atoms with Crippen LogP contribution in [0.4, 0.5) is 0 Å². The van der Waals surface area contributed by atoms with Crippen molar-refractivity contribution in [2.45, 2.75) is 32.6 Å². The summed E-state index contributed by atoms with van der Waals surface area (Å²) in [6.07, 6.45) is 1.98. The molecule has 2 atom stereocenters. The van der Waals surface area contributed by atoms with E-state index in [1.54, 1.807) is 0 Å². The van der Waals surface area contributed by atoms with Crippen molar-refractivity contribution in [3.05, 3.63) is 20.3 Å². The van der Waals surface area contributed by atoms with Crippen LogP contribution in [0.25, 0.3) is 0 Å². The van der Waals surface area contributed by atoms with E-state index in [2.05, 4.69) is 13.8 Å². The summed E-state index contributed by atoms with van der Waals surface area (Å²) in [4.78, 5) is 12.3. The van der Waals surface area contributed by atoms with Gasteiger partial charge in [-0.15, -0.1) is 11.3 Å². The van der Waals surface area contributed by atoms with Crippen LogP contribution >= 0.6 is 22.9 Å². The maximum Gasteiger partial charge on any atom is 0.338 e. The van der Waals surface area contributed by atoms with Gasteiger partial charge in [-0.2, -0.15) is 0 Å². The zero-order valence-corrected chi connectivity index (χ0v) is 10.3. The molecular weight excluding hydrogens is 232 g/mol. The van der Waals surface area contributed by atoms with Crippen molar-refractivity contribution in [2.75, 3.05) is 0 Å². The standard InChI is InChI=1S/C11H13ClO2S/c1-5-3-6(2)9-7(4-5)8(11(13)14)10(12)15-9/h5-6H,3-4H2,1-2H3,(H,13,14). The number of carboxylic acid groups (broad SMARTS) is 1. The summed E-state index contributed by atoms with van der Waals surface area (Å²) in [7, 11) is 0. The minimum atomic E-state index is -0.890. The van der Waals surface area contributed by atoms with E-state index in [0.717, 1.165) is 18.4 Å². The van der Waals surface area contributed by atoms with Crippen LogP contribution in [-0.4, -0.2) is 11.1 Å². The molecule has 0 spiro atoms. The molecule has 0 bridgehead atoms. The number of fused-ring (bicyclic) bond motifs is 1. The average Bonchev–Trinajstić information content (AvgIpc) is 2.41. The Hall–Kier alpha value is -0.540. The lowest BCUT2D eigenvalue weighted by Crippen LogP contribution is -2.15. The molecule has 0 saturated carbocycles. The molecular formula is C11H13ClO2S. The SMILES string of the molecule is CC1Cc2c(sc(Cl)c2C(=O)O)C(C)C1. The van der Waals surface area contributed by atoms with Crippen molar-refractivity contribution in [3.8, 4) is 0 Å². The molecule has 0 fully saturated rings.